The molecule has 0 bridgehead atoms. The van der Waals surface area contributed by atoms with Gasteiger partial charge in [0.2, 0.25) is 0 Å². The highest BCUT2D eigenvalue weighted by Crippen LogP contribution is 2.50. The predicted octanol–water partition coefficient (Wildman–Crippen LogP) is 4.94. The fourth-order valence-corrected chi connectivity index (χ4v) is 6.51. The molecule has 32 heavy (non-hydrogen) atoms. The van der Waals surface area contributed by atoms with Crippen LogP contribution in [0, 0.1) is 28.5 Å². The fraction of sp³-hybridized carbons (Fsp3) is 0.320. The predicted molar refractivity (Wildman–Crippen MR) is 120 cm³/mol. The number of nitrogens with two attached hydrogens (primary N) is 1. The number of ketones is 1. The number of allylic oxidation sites excluding steroid dienone is 3. The van der Waals surface area contributed by atoms with E-state index in [2.05, 4.69) is 12.1 Å². The molecule has 1 aliphatic heterocycles. The van der Waals surface area contributed by atoms with Crippen LogP contribution in [0.3, 0.4) is 0 Å². The largest absolute Gasteiger partial charge is 0.384 e. The van der Waals surface area contributed by atoms with Gasteiger partial charge in [0.1, 0.15) is 22.7 Å². The van der Waals surface area contributed by atoms with Crippen LogP contribution in [0.2, 0.25) is 0 Å². The number of benzene rings is 1. The SMILES string of the molecule is N#CC1=C(N)N(c2sc3c(c2C#N)CCCC3)C2=C(C(=O)CCC2)[C@@H]1c1ccc(F)cc1. The lowest BCUT2D eigenvalue weighted by molar-refractivity contribution is -0.116. The molecule has 5 rings (SSSR count). The molecule has 0 unspecified atom stereocenters. The molecule has 1 aromatic carbocycles. The maximum absolute atomic E-state index is 13.6. The van der Waals surface area contributed by atoms with Gasteiger partial charge >= 0.3 is 0 Å². The Kier molecular flexibility index (Phi) is 5.07. The highest BCUT2D eigenvalue weighted by molar-refractivity contribution is 7.16. The van der Waals surface area contributed by atoms with Crippen LogP contribution in [0.5, 0.6) is 0 Å². The molecule has 0 spiro atoms. The maximum atomic E-state index is 13.6. The summed E-state index contributed by atoms with van der Waals surface area (Å²) in [4.78, 5) is 16.2. The molecule has 2 aliphatic carbocycles. The molecular formula is C25H21FN4OS. The first-order chi connectivity index (χ1) is 15.5. The van der Waals surface area contributed by atoms with Crippen molar-refractivity contribution in [3.05, 3.63) is 74.3 Å². The Morgan fingerprint density at radius 3 is 2.50 bits per heavy atom. The van der Waals surface area contributed by atoms with Crippen LogP contribution in [0.25, 0.3) is 0 Å². The molecule has 5 nitrogen and oxygen atoms in total. The number of nitrogens with zero attached hydrogens (tertiary/aromatic N) is 3. The van der Waals surface area contributed by atoms with E-state index in [0.29, 0.717) is 41.0 Å². The van der Waals surface area contributed by atoms with Gasteiger partial charge in [0.15, 0.2) is 5.78 Å². The van der Waals surface area contributed by atoms with E-state index in [4.69, 9.17) is 5.73 Å². The van der Waals surface area contributed by atoms with Crippen LogP contribution in [-0.4, -0.2) is 5.78 Å². The molecule has 3 aliphatic rings. The molecule has 0 amide bonds. The number of thiophene rings is 1. The Morgan fingerprint density at radius 2 is 1.78 bits per heavy atom. The number of anilines is 1. The van der Waals surface area contributed by atoms with Crippen molar-refractivity contribution in [2.24, 2.45) is 5.73 Å². The maximum Gasteiger partial charge on any atom is 0.161 e. The van der Waals surface area contributed by atoms with Gasteiger partial charge in [0.05, 0.1) is 23.1 Å². The second kappa shape index (κ2) is 7.93. The summed E-state index contributed by atoms with van der Waals surface area (Å²) in [5, 5.41) is 20.8. The molecule has 2 heterocycles. The highest BCUT2D eigenvalue weighted by Gasteiger charge is 2.41. The number of carbonyl (C=O) groups is 1. The Hall–Kier alpha value is -3.42. The smallest absolute Gasteiger partial charge is 0.161 e. The number of fused-ring (bicyclic) bond motifs is 1. The number of halogens is 1. The molecule has 7 heteroatoms. The van der Waals surface area contributed by atoms with Gasteiger partial charge in [0.25, 0.3) is 0 Å². The van der Waals surface area contributed by atoms with Gasteiger partial charge in [-0.25, -0.2) is 4.39 Å². The minimum absolute atomic E-state index is 0.0225. The number of Topliss-reactive ketones (excluding diaryl/α,β-unsaturated/α-hetero) is 1. The van der Waals surface area contributed by atoms with Crippen molar-refractivity contribution < 1.29 is 9.18 Å². The summed E-state index contributed by atoms with van der Waals surface area (Å²) in [6.45, 7) is 0. The van der Waals surface area contributed by atoms with Crippen molar-refractivity contribution in [3.63, 3.8) is 0 Å². The van der Waals surface area contributed by atoms with E-state index in [1.165, 1.54) is 17.0 Å². The minimum Gasteiger partial charge on any atom is -0.384 e. The van der Waals surface area contributed by atoms with Crippen LogP contribution in [0.1, 0.15) is 59.6 Å². The summed E-state index contributed by atoms with van der Waals surface area (Å²) < 4.78 is 13.6. The van der Waals surface area contributed by atoms with Gasteiger partial charge in [-0.1, -0.05) is 12.1 Å². The number of carbonyl (C=O) groups excluding carboxylic acids is 1. The molecule has 2 aromatic rings. The summed E-state index contributed by atoms with van der Waals surface area (Å²) in [5.74, 6) is -0.774. The van der Waals surface area contributed by atoms with Crippen molar-refractivity contribution in [2.45, 2.75) is 50.9 Å². The van der Waals surface area contributed by atoms with Crippen molar-refractivity contribution in [1.29, 1.82) is 10.5 Å². The van der Waals surface area contributed by atoms with Crippen LogP contribution in [-0.2, 0) is 17.6 Å². The van der Waals surface area contributed by atoms with E-state index in [0.717, 1.165) is 36.9 Å². The van der Waals surface area contributed by atoms with E-state index in [-0.39, 0.29) is 23.0 Å². The number of hydrogen-bond donors (Lipinski definition) is 1. The summed E-state index contributed by atoms with van der Waals surface area (Å²) >= 11 is 1.55. The third kappa shape index (κ3) is 3.04. The summed E-state index contributed by atoms with van der Waals surface area (Å²) in [6, 6.07) is 10.5. The standard InChI is InChI=1S/C25H21FN4OS/c26-15-10-8-14(9-11-15)22-18(13-28)24(29)30(19-5-3-6-20(31)23(19)22)25-17(12-27)16-4-1-2-7-21(16)32-25/h8-11,22H,1-7,29H2/t22-/m1/s1. The summed E-state index contributed by atoms with van der Waals surface area (Å²) in [6.07, 6.45) is 5.64. The second-order valence-corrected chi connectivity index (χ2v) is 9.45. The van der Waals surface area contributed by atoms with Crippen LogP contribution in [0.4, 0.5) is 9.39 Å². The Bertz CT molecular complexity index is 1270. The number of hydrogen-bond acceptors (Lipinski definition) is 6. The Balaban J connectivity index is 1.76. The average molecular weight is 445 g/mol. The van der Waals surface area contributed by atoms with Gasteiger partial charge in [-0.3, -0.25) is 9.69 Å². The lowest BCUT2D eigenvalue weighted by Crippen LogP contribution is -2.38. The van der Waals surface area contributed by atoms with Gasteiger partial charge in [0, 0.05) is 22.6 Å². The Morgan fingerprint density at radius 1 is 1.03 bits per heavy atom. The van der Waals surface area contributed by atoms with Crippen molar-refractivity contribution in [2.75, 3.05) is 4.90 Å². The molecular weight excluding hydrogens is 423 g/mol. The molecule has 2 N–H and O–H groups in total. The zero-order valence-electron chi connectivity index (χ0n) is 17.4. The zero-order chi connectivity index (χ0) is 22.4. The zero-order valence-corrected chi connectivity index (χ0v) is 18.3. The van der Waals surface area contributed by atoms with E-state index < -0.39 is 5.92 Å². The van der Waals surface area contributed by atoms with Gasteiger partial charge in [-0.2, -0.15) is 10.5 Å². The fourth-order valence-electron chi connectivity index (χ4n) is 5.13. The molecule has 0 fully saturated rings. The molecule has 0 saturated carbocycles. The molecule has 160 valence electrons. The molecule has 1 aromatic heterocycles. The highest BCUT2D eigenvalue weighted by atomic mass is 32.1. The van der Waals surface area contributed by atoms with Gasteiger partial charge in [-0.15, -0.1) is 11.3 Å². The topological polar surface area (TPSA) is 93.9 Å². The van der Waals surface area contributed by atoms with Crippen molar-refractivity contribution in [1.82, 2.24) is 0 Å². The molecule has 0 radical (unpaired) electrons. The number of nitriles is 2. The monoisotopic (exact) mass is 444 g/mol. The van der Waals surface area contributed by atoms with E-state index in [9.17, 15) is 19.7 Å². The van der Waals surface area contributed by atoms with Gasteiger partial charge in [-0.05, 0) is 61.8 Å². The van der Waals surface area contributed by atoms with Crippen LogP contribution >= 0.6 is 11.3 Å². The third-order valence-corrected chi connectivity index (χ3v) is 7.86. The first-order valence-corrected chi connectivity index (χ1v) is 11.6. The van der Waals surface area contributed by atoms with Gasteiger partial charge < -0.3 is 5.73 Å². The average Bonchev–Trinajstić information content (AvgIpc) is 3.17. The Labute approximate surface area is 189 Å². The van der Waals surface area contributed by atoms with E-state index in [1.54, 1.807) is 28.4 Å². The minimum atomic E-state index is -0.625. The summed E-state index contributed by atoms with van der Waals surface area (Å²) in [7, 11) is 0. The first-order valence-electron chi connectivity index (χ1n) is 10.8. The van der Waals surface area contributed by atoms with Crippen LogP contribution in [0.15, 0.2) is 46.9 Å². The second-order valence-electron chi connectivity index (χ2n) is 8.37. The lowest BCUT2D eigenvalue weighted by Gasteiger charge is -2.39. The number of rotatable bonds is 2. The van der Waals surface area contributed by atoms with Crippen LogP contribution < -0.4 is 10.6 Å². The number of aryl methyl sites for hydroxylation is 1. The van der Waals surface area contributed by atoms with E-state index in [1.807, 2.05) is 0 Å². The van der Waals surface area contributed by atoms with E-state index >= 15 is 0 Å². The van der Waals surface area contributed by atoms with Crippen molar-refractivity contribution >= 4 is 22.1 Å². The molecule has 0 saturated heterocycles. The summed E-state index contributed by atoms with van der Waals surface area (Å²) in [5.41, 5.74) is 10.5. The quantitative estimate of drug-likeness (QED) is 0.708. The van der Waals surface area contributed by atoms with Crippen molar-refractivity contribution in [3.8, 4) is 12.1 Å². The third-order valence-electron chi connectivity index (χ3n) is 6.58. The molecule has 1 atom stereocenters. The first kappa shape index (κ1) is 20.5. The lowest BCUT2D eigenvalue weighted by atomic mass is 9.75. The normalized spacial score (nSPS) is 20.5.